The van der Waals surface area contributed by atoms with E-state index in [0.29, 0.717) is 20.9 Å². The third-order valence-corrected chi connectivity index (χ3v) is 2.77. The summed E-state index contributed by atoms with van der Waals surface area (Å²) in [6.45, 7) is 2.10. The summed E-state index contributed by atoms with van der Waals surface area (Å²) in [4.78, 5) is 15.1. The maximum absolute atomic E-state index is 11.2. The minimum Gasteiger partial charge on any atom is -0.462 e. The van der Waals surface area contributed by atoms with Gasteiger partial charge in [-0.15, -0.1) is 0 Å². The summed E-state index contributed by atoms with van der Waals surface area (Å²) in [5.41, 5.74) is 0.382. The van der Waals surface area contributed by atoms with Crippen LogP contribution in [-0.4, -0.2) is 17.6 Å². The topological polar surface area (TPSA) is 39.2 Å². The van der Waals surface area contributed by atoms with Crippen molar-refractivity contribution in [3.05, 3.63) is 26.5 Å². The number of hydrogen-bond acceptors (Lipinski definition) is 3. The van der Waals surface area contributed by atoms with Gasteiger partial charge in [-0.2, -0.15) is 0 Å². The Morgan fingerprint density at radius 1 is 1.77 bits per heavy atom. The van der Waals surface area contributed by atoms with Gasteiger partial charge in [0, 0.05) is 6.20 Å². The molecular weight excluding hydrogens is 304 g/mol. The highest BCUT2D eigenvalue weighted by Gasteiger charge is 2.08. The fraction of sp³-hybridized carbons (Fsp3) is 0.250. The lowest BCUT2D eigenvalue weighted by Gasteiger charge is -2.01. The first-order valence-electron chi connectivity index (χ1n) is 3.63. The highest BCUT2D eigenvalue weighted by atomic mass is 127. The molecule has 0 aromatic carbocycles. The molecule has 0 aliphatic heterocycles. The Balaban J connectivity index is 2.90. The largest absolute Gasteiger partial charge is 0.462 e. The van der Waals surface area contributed by atoms with Gasteiger partial charge >= 0.3 is 5.97 Å². The first-order valence-corrected chi connectivity index (χ1v) is 5.09. The molecule has 5 heteroatoms. The minimum atomic E-state index is -0.395. The van der Waals surface area contributed by atoms with E-state index in [1.165, 1.54) is 6.20 Å². The molecule has 0 amide bonds. The lowest BCUT2D eigenvalue weighted by atomic mass is 10.3. The quantitative estimate of drug-likeness (QED) is 0.479. The van der Waals surface area contributed by atoms with Crippen molar-refractivity contribution in [1.82, 2.24) is 4.98 Å². The summed E-state index contributed by atoms with van der Waals surface area (Å²) < 4.78 is 5.46. The predicted octanol–water partition coefficient (Wildman–Crippen LogP) is 2.52. The molecule has 1 aromatic rings. The van der Waals surface area contributed by atoms with Gasteiger partial charge in [0.1, 0.15) is 3.70 Å². The molecule has 0 aliphatic rings. The van der Waals surface area contributed by atoms with Crippen LogP contribution in [0.4, 0.5) is 0 Å². The van der Waals surface area contributed by atoms with Gasteiger partial charge in [0.15, 0.2) is 0 Å². The minimum absolute atomic E-state index is 0.350. The number of pyridine rings is 1. The molecule has 13 heavy (non-hydrogen) atoms. The van der Waals surface area contributed by atoms with Crippen molar-refractivity contribution >= 4 is 40.2 Å². The SMILES string of the molecule is CCOC(=O)c1cnc(I)c(Cl)c1. The predicted molar refractivity (Wildman–Crippen MR) is 57.9 cm³/mol. The Labute approximate surface area is 94.6 Å². The van der Waals surface area contributed by atoms with Gasteiger partial charge < -0.3 is 4.74 Å². The maximum Gasteiger partial charge on any atom is 0.339 e. The summed E-state index contributed by atoms with van der Waals surface area (Å²) >= 11 is 7.77. The molecule has 1 aromatic heterocycles. The van der Waals surface area contributed by atoms with E-state index < -0.39 is 5.97 Å². The van der Waals surface area contributed by atoms with Crippen molar-refractivity contribution in [2.24, 2.45) is 0 Å². The molecule has 0 aliphatic carbocycles. The van der Waals surface area contributed by atoms with Crippen LogP contribution in [0.2, 0.25) is 5.02 Å². The second kappa shape index (κ2) is 4.76. The van der Waals surface area contributed by atoms with E-state index in [9.17, 15) is 4.79 Å². The normalized spacial score (nSPS) is 9.77. The van der Waals surface area contributed by atoms with Gasteiger partial charge in [0.25, 0.3) is 0 Å². The summed E-state index contributed by atoms with van der Waals surface area (Å²) in [6, 6.07) is 1.55. The molecule has 0 radical (unpaired) electrons. The van der Waals surface area contributed by atoms with Gasteiger partial charge in [0.2, 0.25) is 0 Å². The average Bonchev–Trinajstić information content (AvgIpc) is 2.10. The van der Waals surface area contributed by atoms with Gasteiger partial charge in [-0.05, 0) is 35.6 Å². The highest BCUT2D eigenvalue weighted by molar-refractivity contribution is 14.1. The molecule has 3 nitrogen and oxygen atoms in total. The molecular formula is C8H7ClINO2. The molecule has 0 bridgehead atoms. The fourth-order valence-electron chi connectivity index (χ4n) is 0.747. The van der Waals surface area contributed by atoms with Crippen LogP contribution in [0.15, 0.2) is 12.3 Å². The Hall–Kier alpha value is -0.360. The second-order valence-electron chi connectivity index (χ2n) is 2.22. The van der Waals surface area contributed by atoms with Crippen LogP contribution >= 0.6 is 34.2 Å². The molecule has 1 heterocycles. The third-order valence-electron chi connectivity index (χ3n) is 1.31. The average molecular weight is 312 g/mol. The van der Waals surface area contributed by atoms with Crippen molar-refractivity contribution in [2.75, 3.05) is 6.61 Å². The van der Waals surface area contributed by atoms with Gasteiger partial charge in [-0.25, -0.2) is 9.78 Å². The van der Waals surface area contributed by atoms with Gasteiger partial charge in [0.05, 0.1) is 17.2 Å². The number of rotatable bonds is 2. The number of hydrogen-bond donors (Lipinski definition) is 0. The Morgan fingerprint density at radius 2 is 2.46 bits per heavy atom. The Kier molecular flexibility index (Phi) is 3.92. The molecule has 0 saturated carbocycles. The van der Waals surface area contributed by atoms with E-state index in [0.717, 1.165) is 0 Å². The van der Waals surface area contributed by atoms with Crippen LogP contribution in [0.25, 0.3) is 0 Å². The van der Waals surface area contributed by atoms with E-state index >= 15 is 0 Å². The zero-order valence-electron chi connectivity index (χ0n) is 6.88. The highest BCUT2D eigenvalue weighted by Crippen LogP contribution is 2.17. The number of carbonyl (C=O) groups is 1. The van der Waals surface area contributed by atoms with Crippen molar-refractivity contribution < 1.29 is 9.53 Å². The van der Waals surface area contributed by atoms with E-state index in [4.69, 9.17) is 16.3 Å². The first-order chi connectivity index (χ1) is 6.15. The molecule has 0 fully saturated rings. The summed E-state index contributed by atoms with van der Waals surface area (Å²) in [7, 11) is 0. The van der Waals surface area contributed by atoms with Crippen LogP contribution in [-0.2, 0) is 4.74 Å². The van der Waals surface area contributed by atoms with Crippen LogP contribution in [0.3, 0.4) is 0 Å². The standard InChI is InChI=1S/C8H7ClINO2/c1-2-13-8(12)5-3-6(9)7(10)11-4-5/h3-4H,2H2,1H3. The Bertz CT molecular complexity index is 330. The maximum atomic E-state index is 11.2. The van der Waals surface area contributed by atoms with E-state index in [-0.39, 0.29) is 0 Å². The number of esters is 1. The van der Waals surface area contributed by atoms with Crippen LogP contribution in [0.1, 0.15) is 17.3 Å². The number of carbonyl (C=O) groups excluding carboxylic acids is 1. The summed E-state index contributed by atoms with van der Waals surface area (Å²) in [5, 5.41) is 0.464. The zero-order valence-corrected chi connectivity index (χ0v) is 9.79. The smallest absolute Gasteiger partial charge is 0.339 e. The first kappa shape index (κ1) is 10.7. The lowest BCUT2D eigenvalue weighted by Crippen LogP contribution is -2.05. The molecule has 0 atom stereocenters. The molecule has 0 saturated heterocycles. The van der Waals surface area contributed by atoms with E-state index in [1.54, 1.807) is 13.0 Å². The zero-order chi connectivity index (χ0) is 9.84. The van der Waals surface area contributed by atoms with Crippen LogP contribution in [0.5, 0.6) is 0 Å². The lowest BCUT2D eigenvalue weighted by molar-refractivity contribution is 0.0526. The Morgan fingerprint density at radius 3 is 3.00 bits per heavy atom. The van der Waals surface area contributed by atoms with Crippen molar-refractivity contribution in [3.8, 4) is 0 Å². The second-order valence-corrected chi connectivity index (χ2v) is 3.65. The van der Waals surface area contributed by atoms with E-state index in [1.807, 2.05) is 22.6 Å². The monoisotopic (exact) mass is 311 g/mol. The number of aromatic nitrogens is 1. The molecule has 70 valence electrons. The molecule has 0 spiro atoms. The summed E-state index contributed by atoms with van der Waals surface area (Å²) in [6.07, 6.45) is 1.45. The van der Waals surface area contributed by atoms with E-state index in [2.05, 4.69) is 4.98 Å². The number of ether oxygens (including phenoxy) is 1. The summed E-state index contributed by atoms with van der Waals surface area (Å²) in [5.74, 6) is -0.395. The van der Waals surface area contributed by atoms with Gasteiger partial charge in [-0.3, -0.25) is 0 Å². The van der Waals surface area contributed by atoms with Crippen molar-refractivity contribution in [1.29, 1.82) is 0 Å². The number of halogens is 2. The van der Waals surface area contributed by atoms with Crippen LogP contribution < -0.4 is 0 Å². The number of nitrogens with zero attached hydrogens (tertiary/aromatic N) is 1. The third kappa shape index (κ3) is 2.80. The van der Waals surface area contributed by atoms with Crippen LogP contribution in [0, 0.1) is 3.70 Å². The van der Waals surface area contributed by atoms with Crippen molar-refractivity contribution in [3.63, 3.8) is 0 Å². The van der Waals surface area contributed by atoms with Gasteiger partial charge in [-0.1, -0.05) is 11.6 Å². The fourth-order valence-corrected chi connectivity index (χ4v) is 1.21. The molecule has 1 rings (SSSR count). The van der Waals surface area contributed by atoms with Crippen molar-refractivity contribution in [2.45, 2.75) is 6.92 Å². The molecule has 0 N–H and O–H groups in total. The molecule has 0 unspecified atom stereocenters.